The van der Waals surface area contributed by atoms with E-state index in [0.29, 0.717) is 22.0 Å². The number of nitrogens with one attached hydrogen (secondary N) is 1. The molecule has 0 fully saturated rings. The Morgan fingerprint density at radius 3 is 2.76 bits per heavy atom. The molecule has 34 heavy (non-hydrogen) atoms. The third-order valence-corrected chi connectivity index (χ3v) is 7.77. The Bertz CT molecular complexity index is 1410. The van der Waals surface area contributed by atoms with Gasteiger partial charge in [0.05, 0.1) is 22.3 Å². The van der Waals surface area contributed by atoms with Crippen LogP contribution in [0.4, 0.5) is 5.00 Å². The third kappa shape index (κ3) is 4.22. The van der Waals surface area contributed by atoms with Crippen LogP contribution in [0.2, 0.25) is 0 Å². The summed E-state index contributed by atoms with van der Waals surface area (Å²) in [4.78, 5) is 19.6. The van der Waals surface area contributed by atoms with E-state index in [0.717, 1.165) is 59.8 Å². The van der Waals surface area contributed by atoms with Crippen molar-refractivity contribution in [2.45, 2.75) is 46.0 Å². The fraction of sp³-hybridized carbons (Fsp3) is 0.276. The van der Waals surface area contributed by atoms with Gasteiger partial charge in [-0.2, -0.15) is 5.26 Å². The number of hydrogen-bond donors (Lipinski definition) is 1. The van der Waals surface area contributed by atoms with Gasteiger partial charge in [-0.15, -0.1) is 11.3 Å². The fourth-order valence-corrected chi connectivity index (χ4v) is 6.13. The zero-order chi connectivity index (χ0) is 23.7. The van der Waals surface area contributed by atoms with Gasteiger partial charge >= 0.3 is 0 Å². The molecule has 5 heteroatoms. The van der Waals surface area contributed by atoms with E-state index < -0.39 is 0 Å². The van der Waals surface area contributed by atoms with Crippen molar-refractivity contribution in [3.63, 3.8) is 0 Å². The van der Waals surface area contributed by atoms with Crippen molar-refractivity contribution in [3.8, 4) is 17.3 Å². The van der Waals surface area contributed by atoms with Crippen LogP contribution in [-0.2, 0) is 19.3 Å². The van der Waals surface area contributed by atoms with E-state index in [1.54, 1.807) is 11.3 Å². The zero-order valence-corrected chi connectivity index (χ0v) is 20.3. The molecule has 4 aromatic rings. The number of carbonyl (C=O) groups excluding carboxylic acids is 1. The normalized spacial score (nSPS) is 15.0. The number of pyridine rings is 1. The first-order valence-electron chi connectivity index (χ1n) is 11.9. The number of rotatable bonds is 5. The van der Waals surface area contributed by atoms with Gasteiger partial charge in [-0.1, -0.05) is 62.7 Å². The topological polar surface area (TPSA) is 65.8 Å². The second-order valence-corrected chi connectivity index (χ2v) is 10.2. The summed E-state index contributed by atoms with van der Waals surface area (Å²) in [5.74, 6) is 0.405. The maximum absolute atomic E-state index is 13.6. The molecule has 0 saturated heterocycles. The highest BCUT2D eigenvalue weighted by molar-refractivity contribution is 7.16. The van der Waals surface area contributed by atoms with Gasteiger partial charge in [-0.05, 0) is 54.9 Å². The van der Waals surface area contributed by atoms with E-state index in [1.165, 1.54) is 10.4 Å². The van der Waals surface area contributed by atoms with Crippen LogP contribution in [0.5, 0.6) is 0 Å². The largest absolute Gasteiger partial charge is 0.312 e. The Kier molecular flexibility index (Phi) is 6.17. The molecule has 5 rings (SSSR count). The molecule has 1 aliphatic carbocycles. The Labute approximate surface area is 204 Å². The second kappa shape index (κ2) is 9.40. The lowest BCUT2D eigenvalue weighted by Gasteiger charge is -2.17. The van der Waals surface area contributed by atoms with Crippen molar-refractivity contribution in [3.05, 3.63) is 81.7 Å². The smallest absolute Gasteiger partial charge is 0.257 e. The minimum atomic E-state index is -0.203. The predicted molar refractivity (Wildman–Crippen MR) is 139 cm³/mol. The number of nitrogens with zero attached hydrogens (tertiary/aromatic N) is 2. The van der Waals surface area contributed by atoms with Crippen molar-refractivity contribution in [1.82, 2.24) is 4.98 Å². The number of hydrogen-bond acceptors (Lipinski definition) is 4. The quantitative estimate of drug-likeness (QED) is 0.340. The summed E-state index contributed by atoms with van der Waals surface area (Å²) in [7, 11) is 0. The molecule has 0 unspecified atom stereocenters. The molecule has 2 heterocycles. The lowest BCUT2D eigenvalue weighted by molar-refractivity contribution is 0.102. The SMILES string of the molecule is CCCc1ccc(-c2cc(C(=O)Nc3sc4c(c3C#N)CC[C@H](C)C4)c3ccccc3n2)cc1. The van der Waals surface area contributed by atoms with E-state index in [4.69, 9.17) is 4.98 Å². The maximum atomic E-state index is 13.6. The monoisotopic (exact) mass is 465 g/mol. The summed E-state index contributed by atoms with van der Waals surface area (Å²) in [6.45, 7) is 4.42. The van der Waals surface area contributed by atoms with E-state index in [-0.39, 0.29) is 5.91 Å². The van der Waals surface area contributed by atoms with Crippen LogP contribution in [0.1, 0.15) is 58.6 Å². The van der Waals surface area contributed by atoms with Gasteiger partial charge in [-0.3, -0.25) is 4.79 Å². The lowest BCUT2D eigenvalue weighted by atomic mass is 9.88. The Morgan fingerprint density at radius 2 is 2.00 bits per heavy atom. The zero-order valence-electron chi connectivity index (χ0n) is 19.5. The van der Waals surface area contributed by atoms with Gasteiger partial charge in [0.15, 0.2) is 0 Å². The number of nitriles is 1. The number of thiophene rings is 1. The highest BCUT2D eigenvalue weighted by Gasteiger charge is 2.25. The molecule has 1 aliphatic rings. The lowest BCUT2D eigenvalue weighted by Crippen LogP contribution is -2.13. The third-order valence-electron chi connectivity index (χ3n) is 6.60. The molecule has 170 valence electrons. The van der Waals surface area contributed by atoms with Crippen molar-refractivity contribution in [1.29, 1.82) is 5.26 Å². The van der Waals surface area contributed by atoms with Crippen LogP contribution in [0.15, 0.2) is 54.6 Å². The van der Waals surface area contributed by atoms with Gasteiger partial charge in [-0.25, -0.2) is 4.98 Å². The van der Waals surface area contributed by atoms with E-state index >= 15 is 0 Å². The molecule has 0 spiro atoms. The first-order chi connectivity index (χ1) is 16.6. The molecule has 2 aromatic heterocycles. The summed E-state index contributed by atoms with van der Waals surface area (Å²) in [6.07, 6.45) is 5.11. The van der Waals surface area contributed by atoms with Crippen LogP contribution >= 0.6 is 11.3 Å². The van der Waals surface area contributed by atoms with Gasteiger partial charge in [0.25, 0.3) is 5.91 Å². The van der Waals surface area contributed by atoms with Gasteiger partial charge in [0.2, 0.25) is 0 Å². The average Bonchev–Trinajstić information content (AvgIpc) is 3.19. The first kappa shape index (κ1) is 22.3. The molecule has 0 saturated carbocycles. The maximum Gasteiger partial charge on any atom is 0.257 e. The number of aryl methyl sites for hydroxylation is 1. The van der Waals surface area contributed by atoms with Crippen molar-refractivity contribution in [2.75, 3.05) is 5.32 Å². The molecule has 0 radical (unpaired) electrons. The number of fused-ring (bicyclic) bond motifs is 2. The van der Waals surface area contributed by atoms with E-state index in [2.05, 4.69) is 49.5 Å². The number of amides is 1. The van der Waals surface area contributed by atoms with Crippen LogP contribution in [0, 0.1) is 17.2 Å². The molecule has 0 bridgehead atoms. The molecule has 4 nitrogen and oxygen atoms in total. The van der Waals surface area contributed by atoms with Gasteiger partial charge in [0.1, 0.15) is 11.1 Å². The summed E-state index contributed by atoms with van der Waals surface area (Å²) < 4.78 is 0. The number of anilines is 1. The standard InChI is InChI=1S/C29H27N3OS/c1-3-6-19-10-12-20(13-11-19)26-16-23(21-7-4-5-8-25(21)31-26)28(33)32-29-24(17-30)22-14-9-18(2)15-27(22)34-29/h4-5,7-8,10-13,16,18H,3,6,9,14-15H2,1-2H3,(H,32,33)/t18-/m0/s1. The number of carbonyl (C=O) groups is 1. The summed E-state index contributed by atoms with van der Waals surface area (Å²) in [5, 5.41) is 14.4. The van der Waals surface area contributed by atoms with Crippen molar-refractivity contribution < 1.29 is 4.79 Å². The number of para-hydroxylation sites is 1. The molecule has 1 atom stereocenters. The first-order valence-corrected chi connectivity index (χ1v) is 12.7. The number of aromatic nitrogens is 1. The Hall–Kier alpha value is -3.49. The van der Waals surface area contributed by atoms with Gasteiger partial charge < -0.3 is 5.32 Å². The molecule has 2 aromatic carbocycles. The van der Waals surface area contributed by atoms with Crippen molar-refractivity contribution in [2.24, 2.45) is 5.92 Å². The van der Waals surface area contributed by atoms with Crippen LogP contribution in [0.25, 0.3) is 22.2 Å². The minimum absolute atomic E-state index is 0.203. The second-order valence-electron chi connectivity index (χ2n) is 9.14. The highest BCUT2D eigenvalue weighted by Crippen LogP contribution is 2.39. The fourth-order valence-electron chi connectivity index (χ4n) is 4.77. The summed E-state index contributed by atoms with van der Waals surface area (Å²) in [6, 6.07) is 20.4. The number of benzene rings is 2. The highest BCUT2D eigenvalue weighted by atomic mass is 32.1. The molecular weight excluding hydrogens is 438 g/mol. The van der Waals surface area contributed by atoms with E-state index in [9.17, 15) is 10.1 Å². The van der Waals surface area contributed by atoms with E-state index in [1.807, 2.05) is 30.3 Å². The molecule has 1 amide bonds. The average molecular weight is 466 g/mol. The predicted octanol–water partition coefficient (Wildman–Crippen LogP) is 7.16. The summed E-state index contributed by atoms with van der Waals surface area (Å²) >= 11 is 1.56. The van der Waals surface area contributed by atoms with Crippen molar-refractivity contribution >= 4 is 33.1 Å². The van der Waals surface area contributed by atoms with Crippen LogP contribution < -0.4 is 5.32 Å². The molecule has 0 aliphatic heterocycles. The minimum Gasteiger partial charge on any atom is -0.312 e. The van der Waals surface area contributed by atoms with Crippen LogP contribution in [-0.4, -0.2) is 10.9 Å². The Morgan fingerprint density at radius 1 is 1.21 bits per heavy atom. The Balaban J connectivity index is 1.53. The van der Waals surface area contributed by atoms with Gasteiger partial charge in [0, 0.05) is 15.8 Å². The molecule has 1 N–H and O–H groups in total. The summed E-state index contributed by atoms with van der Waals surface area (Å²) in [5.41, 5.74) is 6.15. The van der Waals surface area contributed by atoms with Crippen LogP contribution in [0.3, 0.4) is 0 Å². The molecular formula is C29H27N3OS.